The van der Waals surface area contributed by atoms with Crippen LogP contribution in [-0.2, 0) is 0 Å². The molecule has 1 rings (SSSR count). The maximum atomic E-state index is 5.96. The molecule has 0 unspecified atom stereocenters. The molecule has 0 radical (unpaired) electrons. The molecule has 0 atom stereocenters. The van der Waals surface area contributed by atoms with E-state index in [4.69, 9.17) is 23.2 Å². The van der Waals surface area contributed by atoms with Crippen molar-refractivity contribution in [1.82, 2.24) is 0 Å². The Balaban J connectivity index is 2.78. The summed E-state index contributed by atoms with van der Waals surface area (Å²) in [5.74, 6) is 0. The lowest BCUT2D eigenvalue weighted by Gasteiger charge is -2.05. The quantitative estimate of drug-likeness (QED) is 0.652. The van der Waals surface area contributed by atoms with Gasteiger partial charge in [0.15, 0.2) is 0 Å². The molecule has 0 saturated carbocycles. The van der Waals surface area contributed by atoms with Gasteiger partial charge in [-0.15, -0.1) is 0 Å². The van der Waals surface area contributed by atoms with Gasteiger partial charge < -0.3 is 0 Å². The van der Waals surface area contributed by atoms with E-state index in [-0.39, 0.29) is 0 Å². The minimum Gasteiger partial charge on any atom is -0.0934 e. The summed E-state index contributed by atoms with van der Waals surface area (Å²) in [4.78, 5) is 2.38. The van der Waals surface area contributed by atoms with Gasteiger partial charge >= 0.3 is 0 Å². The highest BCUT2D eigenvalue weighted by molar-refractivity contribution is 8.03. The average Bonchev–Trinajstić information content (AvgIpc) is 2.16. The van der Waals surface area contributed by atoms with Gasteiger partial charge in [-0.1, -0.05) is 41.9 Å². The van der Waals surface area contributed by atoms with Crippen molar-refractivity contribution in [1.29, 1.82) is 0 Å². The zero-order valence-electron chi connectivity index (χ0n) is 8.18. The second kappa shape index (κ2) is 5.69. The van der Waals surface area contributed by atoms with Crippen molar-refractivity contribution < 1.29 is 0 Å². The van der Waals surface area contributed by atoms with Crippen molar-refractivity contribution in [3.05, 3.63) is 39.2 Å². The van der Waals surface area contributed by atoms with E-state index in [1.54, 1.807) is 11.8 Å². The number of thioether (sulfide) groups is 1. The highest BCUT2D eigenvalue weighted by atomic mass is 35.5. The van der Waals surface area contributed by atoms with Gasteiger partial charge in [-0.2, -0.15) is 0 Å². The molecule has 0 spiro atoms. The summed E-state index contributed by atoms with van der Waals surface area (Å²) >= 11 is 13.4. The molecular formula is C11H12Cl2S. The molecule has 1 aromatic carbocycles. The van der Waals surface area contributed by atoms with E-state index in [0.29, 0.717) is 0 Å². The van der Waals surface area contributed by atoms with Crippen LogP contribution in [0.4, 0.5) is 0 Å². The van der Waals surface area contributed by atoms with Gasteiger partial charge in [-0.05, 0) is 37.6 Å². The van der Waals surface area contributed by atoms with Crippen LogP contribution in [-0.4, -0.2) is 0 Å². The van der Waals surface area contributed by atoms with Crippen LogP contribution < -0.4 is 0 Å². The maximum absolute atomic E-state index is 5.96. The van der Waals surface area contributed by atoms with Crippen LogP contribution in [0.5, 0.6) is 0 Å². The van der Waals surface area contributed by atoms with Crippen LogP contribution in [0, 0.1) is 0 Å². The highest BCUT2D eigenvalue weighted by Gasteiger charge is 2.01. The third-order valence-electron chi connectivity index (χ3n) is 1.76. The van der Waals surface area contributed by atoms with E-state index in [1.165, 1.54) is 9.80 Å². The zero-order valence-corrected chi connectivity index (χ0v) is 10.5. The fourth-order valence-electron chi connectivity index (χ4n) is 1.03. The molecule has 0 aliphatic rings. The standard InChI is InChI=1S/C11H12Cl2S/c1-3-11(8(2)12)14-10-6-4-9(13)5-7-10/h4-7H,3H2,1-2H3/b11-8+. The van der Waals surface area contributed by atoms with E-state index < -0.39 is 0 Å². The topological polar surface area (TPSA) is 0 Å². The molecule has 0 nitrogen and oxygen atoms in total. The molecule has 14 heavy (non-hydrogen) atoms. The second-order valence-corrected chi connectivity index (χ2v) is 5.04. The van der Waals surface area contributed by atoms with Crippen LogP contribution in [0.1, 0.15) is 20.3 Å². The number of halogens is 2. The lowest BCUT2D eigenvalue weighted by molar-refractivity contribution is 1.18. The number of benzene rings is 1. The molecule has 0 aromatic heterocycles. The van der Waals surface area contributed by atoms with E-state index in [2.05, 4.69) is 6.92 Å². The Bertz CT molecular complexity index is 324. The molecular weight excluding hydrogens is 235 g/mol. The fraction of sp³-hybridized carbons (Fsp3) is 0.273. The van der Waals surface area contributed by atoms with E-state index in [9.17, 15) is 0 Å². The number of allylic oxidation sites excluding steroid dienone is 2. The number of hydrogen-bond acceptors (Lipinski definition) is 1. The van der Waals surface area contributed by atoms with Crippen molar-refractivity contribution in [2.45, 2.75) is 25.2 Å². The lowest BCUT2D eigenvalue weighted by Crippen LogP contribution is -1.78. The Labute approximate surface area is 99.3 Å². The minimum atomic E-state index is 0.763. The summed E-state index contributed by atoms with van der Waals surface area (Å²) in [5.41, 5.74) is 0. The zero-order chi connectivity index (χ0) is 10.6. The Morgan fingerprint density at radius 2 is 1.86 bits per heavy atom. The highest BCUT2D eigenvalue weighted by Crippen LogP contribution is 2.32. The molecule has 0 amide bonds. The van der Waals surface area contributed by atoms with Gasteiger partial charge in [0.2, 0.25) is 0 Å². The SMILES string of the molecule is CC/C(Sc1ccc(Cl)cc1)=C(/C)Cl. The predicted octanol–water partition coefficient (Wildman–Crippen LogP) is 5.31. The average molecular weight is 247 g/mol. The van der Waals surface area contributed by atoms with Crippen molar-refractivity contribution in [2.24, 2.45) is 0 Å². The third-order valence-corrected chi connectivity index (χ3v) is 3.70. The minimum absolute atomic E-state index is 0.763. The molecule has 0 bridgehead atoms. The van der Waals surface area contributed by atoms with Gasteiger partial charge in [-0.25, -0.2) is 0 Å². The Kier molecular flexibility index (Phi) is 4.86. The van der Waals surface area contributed by atoms with Gasteiger partial charge in [0.05, 0.1) is 0 Å². The molecule has 0 aliphatic heterocycles. The Hall–Kier alpha value is -0.110. The third kappa shape index (κ3) is 3.56. The van der Waals surface area contributed by atoms with Crippen LogP contribution in [0.3, 0.4) is 0 Å². The Morgan fingerprint density at radius 3 is 2.29 bits per heavy atom. The summed E-state index contributed by atoms with van der Waals surface area (Å²) < 4.78 is 0. The summed E-state index contributed by atoms with van der Waals surface area (Å²) in [5, 5.41) is 1.63. The first-order valence-electron chi connectivity index (χ1n) is 4.42. The van der Waals surface area contributed by atoms with Crippen LogP contribution >= 0.6 is 35.0 Å². The molecule has 0 heterocycles. The summed E-state index contributed by atoms with van der Waals surface area (Å²) in [6, 6.07) is 7.78. The lowest BCUT2D eigenvalue weighted by atomic mass is 10.4. The van der Waals surface area contributed by atoms with E-state index >= 15 is 0 Å². The molecule has 0 aliphatic carbocycles. The van der Waals surface area contributed by atoms with Gasteiger partial charge in [0.1, 0.15) is 0 Å². The number of hydrogen-bond donors (Lipinski definition) is 0. The first-order valence-corrected chi connectivity index (χ1v) is 5.99. The predicted molar refractivity (Wildman–Crippen MR) is 66.2 cm³/mol. The van der Waals surface area contributed by atoms with Crippen molar-refractivity contribution in [3.8, 4) is 0 Å². The van der Waals surface area contributed by atoms with Crippen LogP contribution in [0.2, 0.25) is 5.02 Å². The van der Waals surface area contributed by atoms with Gasteiger partial charge in [0, 0.05) is 19.9 Å². The van der Waals surface area contributed by atoms with Crippen molar-refractivity contribution in [2.75, 3.05) is 0 Å². The molecule has 1 aromatic rings. The van der Waals surface area contributed by atoms with Crippen molar-refractivity contribution in [3.63, 3.8) is 0 Å². The van der Waals surface area contributed by atoms with E-state index in [0.717, 1.165) is 16.5 Å². The smallest absolute Gasteiger partial charge is 0.0406 e. The van der Waals surface area contributed by atoms with Crippen LogP contribution in [0.25, 0.3) is 0 Å². The monoisotopic (exact) mass is 246 g/mol. The molecule has 0 fully saturated rings. The molecule has 3 heteroatoms. The summed E-state index contributed by atoms with van der Waals surface area (Å²) in [6.45, 7) is 4.02. The summed E-state index contributed by atoms with van der Waals surface area (Å²) in [7, 11) is 0. The van der Waals surface area contributed by atoms with Crippen molar-refractivity contribution >= 4 is 35.0 Å². The molecule has 76 valence electrons. The van der Waals surface area contributed by atoms with Gasteiger partial charge in [-0.3, -0.25) is 0 Å². The first-order chi connectivity index (χ1) is 6.63. The summed E-state index contributed by atoms with van der Waals surface area (Å²) in [6.07, 6.45) is 0.961. The largest absolute Gasteiger partial charge is 0.0934 e. The van der Waals surface area contributed by atoms with E-state index in [1.807, 2.05) is 31.2 Å². The number of rotatable bonds is 3. The normalized spacial score (nSPS) is 12.6. The molecule has 0 saturated heterocycles. The van der Waals surface area contributed by atoms with Crippen LogP contribution in [0.15, 0.2) is 39.1 Å². The van der Waals surface area contributed by atoms with Gasteiger partial charge in [0.25, 0.3) is 0 Å². The molecule has 0 N–H and O–H groups in total. The Morgan fingerprint density at radius 1 is 1.29 bits per heavy atom. The fourth-order valence-corrected chi connectivity index (χ4v) is 2.25. The first kappa shape index (κ1) is 12.0. The maximum Gasteiger partial charge on any atom is 0.0406 e. The second-order valence-electron chi connectivity index (χ2n) is 2.87.